The maximum absolute atomic E-state index is 5.82. The van der Waals surface area contributed by atoms with Crippen molar-refractivity contribution in [3.63, 3.8) is 0 Å². The van der Waals surface area contributed by atoms with Gasteiger partial charge in [0.05, 0.1) is 14.2 Å². The fourth-order valence-electron chi connectivity index (χ4n) is 2.83. The summed E-state index contributed by atoms with van der Waals surface area (Å²) in [6.07, 6.45) is 0.871. The van der Waals surface area contributed by atoms with Crippen LogP contribution in [0, 0.1) is 0 Å². The molecular weight excluding hydrogens is 338 g/mol. The molecule has 3 aromatic rings. The Hall–Kier alpha value is -2.98. The minimum atomic E-state index is 0.803. The van der Waals surface area contributed by atoms with Gasteiger partial charge < -0.3 is 19.5 Å². The molecule has 140 valence electrons. The van der Waals surface area contributed by atoms with Crippen molar-refractivity contribution in [1.82, 2.24) is 5.32 Å². The molecule has 27 heavy (non-hydrogen) atoms. The first-order chi connectivity index (χ1) is 13.3. The minimum absolute atomic E-state index is 0.803. The molecule has 0 aliphatic carbocycles. The van der Waals surface area contributed by atoms with E-state index in [0.717, 1.165) is 48.1 Å². The molecular formula is C23H25NO3. The summed E-state index contributed by atoms with van der Waals surface area (Å²) in [5.41, 5.74) is 2.35. The van der Waals surface area contributed by atoms with Gasteiger partial charge in [0.2, 0.25) is 0 Å². The molecule has 4 heteroatoms. The van der Waals surface area contributed by atoms with Gasteiger partial charge in [-0.2, -0.15) is 0 Å². The van der Waals surface area contributed by atoms with Gasteiger partial charge in [-0.05, 0) is 66.6 Å². The number of ether oxygens (including phenoxy) is 3. The average Bonchev–Trinajstić information content (AvgIpc) is 2.73. The van der Waals surface area contributed by atoms with Gasteiger partial charge in [-0.15, -0.1) is 0 Å². The fourth-order valence-corrected chi connectivity index (χ4v) is 2.83. The van der Waals surface area contributed by atoms with Crippen LogP contribution in [0.4, 0.5) is 0 Å². The molecule has 0 bridgehead atoms. The summed E-state index contributed by atoms with van der Waals surface area (Å²) < 4.78 is 16.5. The van der Waals surface area contributed by atoms with Crippen molar-refractivity contribution >= 4 is 0 Å². The second kappa shape index (κ2) is 9.64. The maximum atomic E-state index is 5.82. The molecule has 1 N–H and O–H groups in total. The Morgan fingerprint density at radius 2 is 1.44 bits per heavy atom. The van der Waals surface area contributed by atoms with Crippen LogP contribution in [-0.2, 0) is 13.0 Å². The van der Waals surface area contributed by atoms with E-state index in [0.29, 0.717) is 0 Å². The van der Waals surface area contributed by atoms with Crippen LogP contribution in [0.5, 0.6) is 23.0 Å². The number of nitrogens with one attached hydrogen (secondary N) is 1. The van der Waals surface area contributed by atoms with Crippen LogP contribution < -0.4 is 19.5 Å². The highest BCUT2D eigenvalue weighted by atomic mass is 16.5. The topological polar surface area (TPSA) is 39.7 Å². The van der Waals surface area contributed by atoms with E-state index in [1.165, 1.54) is 5.56 Å². The van der Waals surface area contributed by atoms with Crippen LogP contribution in [0.2, 0.25) is 0 Å². The zero-order chi connectivity index (χ0) is 18.9. The number of para-hydroxylation sites is 1. The van der Waals surface area contributed by atoms with E-state index >= 15 is 0 Å². The maximum Gasteiger partial charge on any atom is 0.127 e. The van der Waals surface area contributed by atoms with Gasteiger partial charge in [-0.1, -0.05) is 30.3 Å². The van der Waals surface area contributed by atoms with Gasteiger partial charge in [-0.25, -0.2) is 0 Å². The van der Waals surface area contributed by atoms with Crippen molar-refractivity contribution in [3.8, 4) is 23.0 Å². The second-order valence-corrected chi connectivity index (χ2v) is 6.16. The normalized spacial score (nSPS) is 10.4. The Morgan fingerprint density at radius 1 is 0.741 bits per heavy atom. The van der Waals surface area contributed by atoms with Crippen molar-refractivity contribution in [2.75, 3.05) is 20.8 Å². The summed E-state index contributed by atoms with van der Waals surface area (Å²) in [4.78, 5) is 0. The standard InChI is InChI=1S/C23H25NO3/c1-25-22-12-13-23(26-2)19(16-22)14-15-24-17-18-8-10-21(11-9-18)27-20-6-4-3-5-7-20/h3-13,16,24H,14-15,17H2,1-2H3. The van der Waals surface area contributed by atoms with Gasteiger partial charge in [0, 0.05) is 6.54 Å². The summed E-state index contributed by atoms with van der Waals surface area (Å²) in [5.74, 6) is 3.42. The summed E-state index contributed by atoms with van der Waals surface area (Å²) in [6.45, 7) is 1.66. The highest BCUT2D eigenvalue weighted by Crippen LogP contribution is 2.24. The lowest BCUT2D eigenvalue weighted by atomic mass is 10.1. The molecule has 0 aliphatic rings. The van der Waals surface area contributed by atoms with Crippen LogP contribution in [0.15, 0.2) is 72.8 Å². The number of hydrogen-bond donors (Lipinski definition) is 1. The van der Waals surface area contributed by atoms with Crippen molar-refractivity contribution in [2.24, 2.45) is 0 Å². The van der Waals surface area contributed by atoms with Crippen LogP contribution in [0.1, 0.15) is 11.1 Å². The summed E-state index contributed by atoms with van der Waals surface area (Å²) in [6, 6.07) is 23.8. The SMILES string of the molecule is COc1ccc(OC)c(CCNCc2ccc(Oc3ccccc3)cc2)c1. The van der Waals surface area contributed by atoms with Gasteiger partial charge in [-0.3, -0.25) is 0 Å². The number of methoxy groups -OCH3 is 2. The van der Waals surface area contributed by atoms with E-state index in [1.54, 1.807) is 14.2 Å². The Morgan fingerprint density at radius 3 is 2.15 bits per heavy atom. The Balaban J connectivity index is 1.48. The van der Waals surface area contributed by atoms with Crippen molar-refractivity contribution in [2.45, 2.75) is 13.0 Å². The van der Waals surface area contributed by atoms with Crippen molar-refractivity contribution in [3.05, 3.63) is 83.9 Å². The van der Waals surface area contributed by atoms with E-state index in [-0.39, 0.29) is 0 Å². The van der Waals surface area contributed by atoms with Crippen LogP contribution in [0.25, 0.3) is 0 Å². The van der Waals surface area contributed by atoms with Crippen molar-refractivity contribution in [1.29, 1.82) is 0 Å². The van der Waals surface area contributed by atoms with Crippen LogP contribution in [-0.4, -0.2) is 20.8 Å². The quantitative estimate of drug-likeness (QED) is 0.553. The molecule has 0 fully saturated rings. The zero-order valence-corrected chi connectivity index (χ0v) is 15.8. The Labute approximate surface area is 160 Å². The number of benzene rings is 3. The number of rotatable bonds is 9. The lowest BCUT2D eigenvalue weighted by Gasteiger charge is -2.11. The third-order valence-electron chi connectivity index (χ3n) is 4.29. The second-order valence-electron chi connectivity index (χ2n) is 6.16. The molecule has 0 radical (unpaired) electrons. The fraction of sp³-hybridized carbons (Fsp3) is 0.217. The molecule has 0 aliphatic heterocycles. The zero-order valence-electron chi connectivity index (χ0n) is 15.8. The first kappa shape index (κ1) is 18.8. The molecule has 4 nitrogen and oxygen atoms in total. The van der Waals surface area contributed by atoms with E-state index in [4.69, 9.17) is 14.2 Å². The highest BCUT2D eigenvalue weighted by Gasteiger charge is 2.05. The van der Waals surface area contributed by atoms with E-state index in [9.17, 15) is 0 Å². The predicted molar refractivity (Wildman–Crippen MR) is 108 cm³/mol. The monoisotopic (exact) mass is 363 g/mol. The Kier molecular flexibility index (Phi) is 6.72. The smallest absolute Gasteiger partial charge is 0.127 e. The molecule has 0 aromatic heterocycles. The molecule has 0 spiro atoms. The molecule has 0 heterocycles. The summed E-state index contributed by atoms with van der Waals surface area (Å²) in [5, 5.41) is 3.47. The Bertz CT molecular complexity index is 832. The van der Waals surface area contributed by atoms with Crippen molar-refractivity contribution < 1.29 is 14.2 Å². The minimum Gasteiger partial charge on any atom is -0.497 e. The summed E-state index contributed by atoms with van der Waals surface area (Å²) >= 11 is 0. The summed E-state index contributed by atoms with van der Waals surface area (Å²) in [7, 11) is 3.37. The molecule has 0 saturated carbocycles. The molecule has 0 atom stereocenters. The molecule has 0 saturated heterocycles. The third kappa shape index (κ3) is 5.50. The van der Waals surface area contributed by atoms with E-state index in [2.05, 4.69) is 17.4 Å². The van der Waals surface area contributed by atoms with Gasteiger partial charge >= 0.3 is 0 Å². The van der Waals surface area contributed by atoms with Crippen LogP contribution in [0.3, 0.4) is 0 Å². The van der Waals surface area contributed by atoms with Gasteiger partial charge in [0.15, 0.2) is 0 Å². The lowest BCUT2D eigenvalue weighted by molar-refractivity contribution is 0.398. The largest absolute Gasteiger partial charge is 0.497 e. The molecule has 3 rings (SSSR count). The average molecular weight is 363 g/mol. The first-order valence-corrected chi connectivity index (χ1v) is 9.02. The highest BCUT2D eigenvalue weighted by molar-refractivity contribution is 5.40. The third-order valence-corrected chi connectivity index (χ3v) is 4.29. The van der Waals surface area contributed by atoms with Crippen LogP contribution >= 0.6 is 0 Å². The molecule has 0 unspecified atom stereocenters. The predicted octanol–water partition coefficient (Wildman–Crippen LogP) is 4.83. The van der Waals surface area contributed by atoms with E-state index < -0.39 is 0 Å². The van der Waals surface area contributed by atoms with E-state index in [1.807, 2.05) is 60.7 Å². The van der Waals surface area contributed by atoms with Gasteiger partial charge in [0.25, 0.3) is 0 Å². The first-order valence-electron chi connectivity index (χ1n) is 9.02. The molecule has 3 aromatic carbocycles. The number of hydrogen-bond acceptors (Lipinski definition) is 4. The lowest BCUT2D eigenvalue weighted by Crippen LogP contribution is -2.17. The molecule has 0 amide bonds. The van der Waals surface area contributed by atoms with Gasteiger partial charge in [0.1, 0.15) is 23.0 Å².